The Bertz CT molecular complexity index is 367. The number of hydrogen-bond acceptors (Lipinski definition) is 7. The third-order valence-electron chi connectivity index (χ3n) is 2.35. The average molecular weight is 316 g/mol. The monoisotopic (exact) mass is 316 g/mol. The summed E-state index contributed by atoms with van der Waals surface area (Å²) in [7, 11) is 0. The molecule has 0 radical (unpaired) electrons. The quantitative estimate of drug-likeness (QED) is 0.417. The van der Waals surface area contributed by atoms with Crippen LogP contribution in [0.3, 0.4) is 0 Å². The summed E-state index contributed by atoms with van der Waals surface area (Å²) in [6.45, 7) is 10.4. The molecule has 22 heavy (non-hydrogen) atoms. The lowest BCUT2D eigenvalue weighted by atomic mass is 10.4. The van der Waals surface area contributed by atoms with E-state index in [0.29, 0.717) is 0 Å². The van der Waals surface area contributed by atoms with Crippen LogP contribution in [0.5, 0.6) is 0 Å². The van der Waals surface area contributed by atoms with Crippen LogP contribution in [0.25, 0.3) is 0 Å². The highest BCUT2D eigenvalue weighted by atomic mass is 16.6. The van der Waals surface area contributed by atoms with E-state index in [0.717, 1.165) is 12.2 Å². The maximum Gasteiger partial charge on any atom is 0.330 e. The summed E-state index contributed by atoms with van der Waals surface area (Å²) in [6, 6.07) is 0. The number of aliphatic hydroxyl groups excluding tert-OH is 1. The van der Waals surface area contributed by atoms with Crippen LogP contribution in [0.15, 0.2) is 25.3 Å². The number of esters is 2. The molecule has 0 aliphatic heterocycles. The van der Waals surface area contributed by atoms with E-state index in [1.165, 1.54) is 0 Å². The minimum Gasteiger partial charge on any atom is -0.460 e. The zero-order valence-corrected chi connectivity index (χ0v) is 13.0. The van der Waals surface area contributed by atoms with Gasteiger partial charge in [-0.15, -0.1) is 0 Å². The summed E-state index contributed by atoms with van der Waals surface area (Å²) in [5, 5.41) is 9.51. The fraction of sp³-hybridized carbons (Fsp3) is 0.600. The fourth-order valence-electron chi connectivity index (χ4n) is 1.28. The maximum absolute atomic E-state index is 11.0. The molecular weight excluding hydrogens is 292 g/mol. The van der Waals surface area contributed by atoms with Crippen molar-refractivity contribution in [1.82, 2.24) is 0 Å². The highest BCUT2D eigenvalue weighted by Crippen LogP contribution is 1.99. The van der Waals surface area contributed by atoms with Crippen LogP contribution < -0.4 is 0 Å². The summed E-state index contributed by atoms with van der Waals surface area (Å²) in [6.07, 6.45) is 0.557. The van der Waals surface area contributed by atoms with Gasteiger partial charge in [0.15, 0.2) is 0 Å². The van der Waals surface area contributed by atoms with Crippen LogP contribution in [0.2, 0.25) is 0 Å². The third kappa shape index (κ3) is 11.0. The van der Waals surface area contributed by atoms with Gasteiger partial charge in [-0.2, -0.15) is 0 Å². The molecule has 1 N–H and O–H groups in total. The van der Waals surface area contributed by atoms with Crippen molar-refractivity contribution in [1.29, 1.82) is 0 Å². The summed E-state index contributed by atoms with van der Waals surface area (Å²) in [4.78, 5) is 21.7. The molecule has 0 saturated carbocycles. The van der Waals surface area contributed by atoms with Gasteiger partial charge in [-0.3, -0.25) is 0 Å². The second kappa shape index (κ2) is 11.9. The third-order valence-corrected chi connectivity index (χ3v) is 2.35. The number of carbonyl (C=O) groups is 2. The number of rotatable bonds is 12. The van der Waals surface area contributed by atoms with Gasteiger partial charge in [-0.05, 0) is 13.8 Å². The first kappa shape index (κ1) is 20.3. The van der Waals surface area contributed by atoms with Crippen molar-refractivity contribution in [3.8, 4) is 0 Å². The van der Waals surface area contributed by atoms with Crippen LogP contribution in [-0.2, 0) is 28.5 Å². The maximum atomic E-state index is 11.0. The number of ether oxygens (including phenoxy) is 4. The normalized spacial score (nSPS) is 14.5. The van der Waals surface area contributed by atoms with E-state index in [-0.39, 0.29) is 32.5 Å². The molecule has 0 rings (SSSR count). The van der Waals surface area contributed by atoms with Gasteiger partial charge in [0.25, 0.3) is 0 Å². The predicted molar refractivity (Wildman–Crippen MR) is 79.1 cm³/mol. The van der Waals surface area contributed by atoms with E-state index in [1.807, 2.05) is 0 Å². The molecule has 0 spiro atoms. The molecule has 0 aromatic carbocycles. The Labute approximate surface area is 130 Å². The van der Waals surface area contributed by atoms with Crippen molar-refractivity contribution in [3.63, 3.8) is 0 Å². The smallest absolute Gasteiger partial charge is 0.330 e. The molecule has 3 atom stereocenters. The van der Waals surface area contributed by atoms with Crippen molar-refractivity contribution in [2.75, 3.05) is 26.4 Å². The molecule has 0 saturated heterocycles. The Morgan fingerprint density at radius 2 is 1.64 bits per heavy atom. The lowest BCUT2D eigenvalue weighted by Crippen LogP contribution is -2.28. The van der Waals surface area contributed by atoms with Crippen LogP contribution in [0, 0.1) is 0 Å². The Balaban J connectivity index is 3.70. The first-order valence-corrected chi connectivity index (χ1v) is 6.88. The minimum absolute atomic E-state index is 0.0130. The molecule has 3 unspecified atom stereocenters. The topological polar surface area (TPSA) is 91.3 Å². The molecule has 0 heterocycles. The molecule has 0 aliphatic rings. The number of carbonyl (C=O) groups excluding carboxylic acids is 2. The van der Waals surface area contributed by atoms with E-state index in [9.17, 15) is 14.7 Å². The standard InChI is InChI=1S/C15H24O7/c1-5-14(17)21-10-13(16)9-19-7-11(3)20-8-12(4)22-15(18)6-2/h5-6,11-13,16H,1-2,7-10H2,3-4H3. The largest absolute Gasteiger partial charge is 0.460 e. The zero-order chi connectivity index (χ0) is 17.0. The second-order valence-electron chi connectivity index (χ2n) is 4.62. The number of aliphatic hydroxyl groups is 1. The molecule has 0 fully saturated rings. The van der Waals surface area contributed by atoms with Gasteiger partial charge >= 0.3 is 11.9 Å². The molecule has 0 aromatic heterocycles. The summed E-state index contributed by atoms with van der Waals surface area (Å²) >= 11 is 0. The van der Waals surface area contributed by atoms with E-state index in [4.69, 9.17) is 14.2 Å². The second-order valence-corrected chi connectivity index (χ2v) is 4.62. The Hall–Kier alpha value is -1.70. The zero-order valence-electron chi connectivity index (χ0n) is 13.0. The summed E-state index contributed by atoms with van der Waals surface area (Å²) < 4.78 is 20.3. The van der Waals surface area contributed by atoms with Crippen molar-refractivity contribution in [2.24, 2.45) is 0 Å². The first-order valence-electron chi connectivity index (χ1n) is 6.88. The minimum atomic E-state index is -0.913. The van der Waals surface area contributed by atoms with Gasteiger partial charge < -0.3 is 24.1 Å². The molecule has 0 bridgehead atoms. The average Bonchev–Trinajstić information content (AvgIpc) is 2.50. The van der Waals surface area contributed by atoms with E-state index in [1.54, 1.807) is 13.8 Å². The molecular formula is C15H24O7. The van der Waals surface area contributed by atoms with Gasteiger partial charge in [0.1, 0.15) is 18.8 Å². The molecule has 126 valence electrons. The van der Waals surface area contributed by atoms with Gasteiger partial charge in [0, 0.05) is 12.2 Å². The van der Waals surface area contributed by atoms with Crippen molar-refractivity contribution in [2.45, 2.75) is 32.2 Å². The van der Waals surface area contributed by atoms with Crippen LogP contribution in [-0.4, -0.2) is 61.8 Å². The molecule has 7 heteroatoms. The van der Waals surface area contributed by atoms with E-state index < -0.39 is 24.1 Å². The Kier molecular flexibility index (Phi) is 11.0. The van der Waals surface area contributed by atoms with Crippen LogP contribution in [0.4, 0.5) is 0 Å². The summed E-state index contributed by atoms with van der Waals surface area (Å²) in [5.41, 5.74) is 0. The lowest BCUT2D eigenvalue weighted by molar-refractivity contribution is -0.146. The van der Waals surface area contributed by atoms with E-state index in [2.05, 4.69) is 17.9 Å². The Morgan fingerprint density at radius 3 is 2.23 bits per heavy atom. The van der Waals surface area contributed by atoms with Crippen LogP contribution >= 0.6 is 0 Å². The summed E-state index contributed by atoms with van der Waals surface area (Å²) in [5.74, 6) is -1.10. The highest BCUT2D eigenvalue weighted by Gasteiger charge is 2.11. The van der Waals surface area contributed by atoms with Crippen molar-refractivity contribution < 1.29 is 33.6 Å². The SMILES string of the molecule is C=CC(=O)OCC(O)COCC(C)OCC(C)OC(=O)C=C. The number of hydrogen-bond donors (Lipinski definition) is 1. The first-order chi connectivity index (χ1) is 10.4. The Morgan fingerprint density at radius 1 is 1.00 bits per heavy atom. The highest BCUT2D eigenvalue weighted by molar-refractivity contribution is 5.81. The fourth-order valence-corrected chi connectivity index (χ4v) is 1.28. The molecule has 7 nitrogen and oxygen atoms in total. The van der Waals surface area contributed by atoms with Gasteiger partial charge in [-0.25, -0.2) is 9.59 Å². The predicted octanol–water partition coefficient (Wildman–Crippen LogP) is 0.616. The van der Waals surface area contributed by atoms with Gasteiger partial charge in [0.2, 0.25) is 0 Å². The molecule has 0 aliphatic carbocycles. The van der Waals surface area contributed by atoms with Crippen molar-refractivity contribution in [3.05, 3.63) is 25.3 Å². The molecule has 0 amide bonds. The van der Waals surface area contributed by atoms with Crippen LogP contribution in [0.1, 0.15) is 13.8 Å². The van der Waals surface area contributed by atoms with Gasteiger partial charge in [-0.1, -0.05) is 13.2 Å². The molecule has 0 aromatic rings. The van der Waals surface area contributed by atoms with Crippen molar-refractivity contribution >= 4 is 11.9 Å². The van der Waals surface area contributed by atoms with Gasteiger partial charge in [0.05, 0.1) is 25.9 Å². The van der Waals surface area contributed by atoms with E-state index >= 15 is 0 Å². The lowest BCUT2D eigenvalue weighted by Gasteiger charge is -2.18.